The van der Waals surface area contributed by atoms with Gasteiger partial charge in [0.1, 0.15) is 0 Å². The standard InChI is InChI=1S/C27H36N2O/c30-27(29-19-15-25(16-20-29)21-24-11-5-2-6-12-24)26-14-8-18-28(22-26)17-7-13-23-9-3-1-4-10-23/h1-6,9-12,25-26H,7-8,13-22H2/t26-/m1/s1. The number of rotatable bonds is 7. The van der Waals surface area contributed by atoms with Gasteiger partial charge >= 0.3 is 0 Å². The largest absolute Gasteiger partial charge is 0.342 e. The number of hydrogen-bond acceptors (Lipinski definition) is 2. The molecule has 0 aliphatic carbocycles. The second kappa shape index (κ2) is 10.8. The molecule has 0 spiro atoms. The fourth-order valence-corrected chi connectivity index (χ4v) is 5.17. The lowest BCUT2D eigenvalue weighted by molar-refractivity contribution is -0.138. The fraction of sp³-hybridized carbons (Fsp3) is 0.519. The van der Waals surface area contributed by atoms with E-state index >= 15 is 0 Å². The molecule has 2 heterocycles. The van der Waals surface area contributed by atoms with E-state index in [0.29, 0.717) is 5.91 Å². The van der Waals surface area contributed by atoms with Crippen molar-refractivity contribution in [1.82, 2.24) is 9.80 Å². The van der Waals surface area contributed by atoms with Crippen molar-refractivity contribution in [3.8, 4) is 0 Å². The van der Waals surface area contributed by atoms with Gasteiger partial charge in [0.25, 0.3) is 0 Å². The summed E-state index contributed by atoms with van der Waals surface area (Å²) in [5.41, 5.74) is 2.85. The number of carbonyl (C=O) groups is 1. The molecule has 4 rings (SSSR count). The lowest BCUT2D eigenvalue weighted by Gasteiger charge is -2.38. The highest BCUT2D eigenvalue weighted by atomic mass is 16.2. The average molecular weight is 405 g/mol. The highest BCUT2D eigenvalue weighted by molar-refractivity contribution is 5.79. The zero-order valence-electron chi connectivity index (χ0n) is 18.2. The minimum absolute atomic E-state index is 0.209. The van der Waals surface area contributed by atoms with Crippen molar-refractivity contribution in [2.75, 3.05) is 32.7 Å². The smallest absolute Gasteiger partial charge is 0.226 e. The Balaban J connectivity index is 1.19. The second-order valence-corrected chi connectivity index (χ2v) is 9.19. The van der Waals surface area contributed by atoms with Gasteiger partial charge in [0.15, 0.2) is 0 Å². The molecule has 3 nitrogen and oxygen atoms in total. The summed E-state index contributed by atoms with van der Waals surface area (Å²) < 4.78 is 0. The molecule has 0 N–H and O–H groups in total. The third-order valence-corrected chi connectivity index (χ3v) is 6.93. The van der Waals surface area contributed by atoms with Crippen LogP contribution in [0.2, 0.25) is 0 Å². The quantitative estimate of drug-likeness (QED) is 0.661. The number of amides is 1. The fourth-order valence-electron chi connectivity index (χ4n) is 5.17. The number of benzene rings is 2. The summed E-state index contributed by atoms with van der Waals surface area (Å²) in [6.07, 6.45) is 7.98. The Morgan fingerprint density at radius 1 is 0.833 bits per heavy atom. The molecule has 0 aromatic heterocycles. The van der Waals surface area contributed by atoms with Crippen molar-refractivity contribution in [2.24, 2.45) is 11.8 Å². The molecular formula is C27H36N2O. The Labute approximate surface area is 182 Å². The molecule has 0 bridgehead atoms. The second-order valence-electron chi connectivity index (χ2n) is 9.19. The van der Waals surface area contributed by atoms with Gasteiger partial charge in [-0.2, -0.15) is 0 Å². The predicted molar refractivity (Wildman–Crippen MR) is 123 cm³/mol. The van der Waals surface area contributed by atoms with Crippen LogP contribution in [0.5, 0.6) is 0 Å². The lowest BCUT2D eigenvalue weighted by atomic mass is 9.89. The molecule has 2 aromatic carbocycles. The number of piperidine rings is 2. The van der Waals surface area contributed by atoms with Crippen molar-refractivity contribution in [2.45, 2.75) is 44.9 Å². The zero-order valence-corrected chi connectivity index (χ0v) is 18.2. The molecule has 2 aliphatic heterocycles. The van der Waals surface area contributed by atoms with E-state index in [0.717, 1.165) is 77.2 Å². The van der Waals surface area contributed by atoms with Crippen LogP contribution >= 0.6 is 0 Å². The minimum Gasteiger partial charge on any atom is -0.342 e. The summed E-state index contributed by atoms with van der Waals surface area (Å²) in [4.78, 5) is 17.8. The highest BCUT2D eigenvalue weighted by Gasteiger charge is 2.31. The number of nitrogens with zero attached hydrogens (tertiary/aromatic N) is 2. The summed E-state index contributed by atoms with van der Waals surface area (Å²) in [5, 5.41) is 0. The maximum absolute atomic E-state index is 13.2. The molecule has 160 valence electrons. The maximum atomic E-state index is 13.2. The van der Waals surface area contributed by atoms with Crippen LogP contribution in [0.3, 0.4) is 0 Å². The molecule has 30 heavy (non-hydrogen) atoms. The lowest BCUT2D eigenvalue weighted by Crippen LogP contribution is -2.47. The van der Waals surface area contributed by atoms with Crippen LogP contribution in [0, 0.1) is 11.8 Å². The summed E-state index contributed by atoms with van der Waals surface area (Å²) in [6, 6.07) is 21.5. The Hall–Kier alpha value is -2.13. The van der Waals surface area contributed by atoms with Gasteiger partial charge in [0, 0.05) is 19.6 Å². The zero-order chi connectivity index (χ0) is 20.6. The summed E-state index contributed by atoms with van der Waals surface area (Å²) in [6.45, 7) is 5.11. The SMILES string of the molecule is O=C([C@@H]1CCCN(CCCc2ccccc2)C1)N1CCC(Cc2ccccc2)CC1. The third kappa shape index (κ3) is 5.95. The van der Waals surface area contributed by atoms with E-state index in [2.05, 4.69) is 70.5 Å². The Bertz CT molecular complexity index is 768. The molecule has 0 saturated carbocycles. The molecule has 2 saturated heterocycles. The minimum atomic E-state index is 0.209. The first kappa shape index (κ1) is 21.1. The molecule has 1 atom stereocenters. The number of hydrogen-bond donors (Lipinski definition) is 0. The van der Waals surface area contributed by atoms with Crippen molar-refractivity contribution >= 4 is 5.91 Å². The van der Waals surface area contributed by atoms with E-state index in [1.807, 2.05) is 0 Å². The van der Waals surface area contributed by atoms with Gasteiger partial charge in [-0.05, 0) is 75.1 Å². The van der Waals surface area contributed by atoms with Gasteiger partial charge in [0.05, 0.1) is 5.92 Å². The third-order valence-electron chi connectivity index (χ3n) is 6.93. The van der Waals surface area contributed by atoms with E-state index in [1.54, 1.807) is 0 Å². The maximum Gasteiger partial charge on any atom is 0.226 e. The number of likely N-dealkylation sites (tertiary alicyclic amines) is 2. The molecule has 2 fully saturated rings. The van der Waals surface area contributed by atoms with Crippen LogP contribution in [-0.4, -0.2) is 48.4 Å². The molecule has 1 amide bonds. The molecule has 0 unspecified atom stereocenters. The first-order chi connectivity index (χ1) is 14.8. The van der Waals surface area contributed by atoms with Gasteiger partial charge in [0.2, 0.25) is 5.91 Å². The number of carbonyl (C=O) groups excluding carboxylic acids is 1. The van der Waals surface area contributed by atoms with Gasteiger partial charge in [-0.3, -0.25) is 4.79 Å². The molecule has 0 radical (unpaired) electrons. The van der Waals surface area contributed by atoms with E-state index in [4.69, 9.17) is 0 Å². The van der Waals surface area contributed by atoms with Crippen molar-refractivity contribution in [1.29, 1.82) is 0 Å². The average Bonchev–Trinajstić information content (AvgIpc) is 2.81. The van der Waals surface area contributed by atoms with Gasteiger partial charge in [-0.25, -0.2) is 0 Å². The Morgan fingerprint density at radius 3 is 2.20 bits per heavy atom. The van der Waals surface area contributed by atoms with Gasteiger partial charge in [-0.15, -0.1) is 0 Å². The van der Waals surface area contributed by atoms with E-state index < -0.39 is 0 Å². The van der Waals surface area contributed by atoms with Crippen molar-refractivity contribution in [3.63, 3.8) is 0 Å². The topological polar surface area (TPSA) is 23.6 Å². The Kier molecular flexibility index (Phi) is 7.58. The van der Waals surface area contributed by atoms with Crippen LogP contribution in [0.1, 0.15) is 43.2 Å². The van der Waals surface area contributed by atoms with E-state index in [9.17, 15) is 4.79 Å². The van der Waals surface area contributed by atoms with Gasteiger partial charge < -0.3 is 9.80 Å². The molecule has 3 heteroatoms. The normalized spacial score (nSPS) is 20.9. The predicted octanol–water partition coefficient (Wildman–Crippen LogP) is 4.81. The molecule has 2 aliphatic rings. The number of aryl methyl sites for hydroxylation is 1. The Morgan fingerprint density at radius 2 is 1.50 bits per heavy atom. The summed E-state index contributed by atoms with van der Waals surface area (Å²) >= 11 is 0. The molecular weight excluding hydrogens is 368 g/mol. The van der Waals surface area contributed by atoms with Crippen LogP contribution in [0.15, 0.2) is 60.7 Å². The van der Waals surface area contributed by atoms with Crippen LogP contribution < -0.4 is 0 Å². The summed E-state index contributed by atoms with van der Waals surface area (Å²) in [7, 11) is 0. The van der Waals surface area contributed by atoms with E-state index in [1.165, 1.54) is 17.5 Å². The van der Waals surface area contributed by atoms with Crippen molar-refractivity contribution < 1.29 is 4.79 Å². The first-order valence-corrected chi connectivity index (χ1v) is 11.9. The summed E-state index contributed by atoms with van der Waals surface area (Å²) in [5.74, 6) is 1.35. The van der Waals surface area contributed by atoms with Crippen LogP contribution in [0.25, 0.3) is 0 Å². The monoisotopic (exact) mass is 404 g/mol. The van der Waals surface area contributed by atoms with Crippen LogP contribution in [0.4, 0.5) is 0 Å². The highest BCUT2D eigenvalue weighted by Crippen LogP contribution is 2.25. The van der Waals surface area contributed by atoms with Crippen molar-refractivity contribution in [3.05, 3.63) is 71.8 Å². The first-order valence-electron chi connectivity index (χ1n) is 11.9. The van der Waals surface area contributed by atoms with E-state index in [-0.39, 0.29) is 5.92 Å². The van der Waals surface area contributed by atoms with Crippen LogP contribution in [-0.2, 0) is 17.6 Å². The molecule has 2 aromatic rings. The van der Waals surface area contributed by atoms with Gasteiger partial charge in [-0.1, -0.05) is 60.7 Å².